The van der Waals surface area contributed by atoms with Crippen LogP contribution in [0.4, 0.5) is 5.69 Å². The first kappa shape index (κ1) is 15.0. The minimum absolute atomic E-state index is 0.00189. The van der Waals surface area contributed by atoms with Crippen molar-refractivity contribution >= 4 is 11.6 Å². The molecule has 0 radical (unpaired) electrons. The number of rotatable bonds is 2. The van der Waals surface area contributed by atoms with E-state index in [1.807, 2.05) is 23.1 Å². The van der Waals surface area contributed by atoms with E-state index in [1.54, 1.807) is 18.2 Å². The maximum atomic E-state index is 13.1. The molecule has 2 aliphatic rings. The summed E-state index contributed by atoms with van der Waals surface area (Å²) in [6.07, 6.45) is 0.917. The molecule has 0 aliphatic carbocycles. The largest absolute Gasteiger partial charge is 0.454 e. The van der Waals surface area contributed by atoms with Crippen LogP contribution in [-0.4, -0.2) is 38.2 Å². The second kappa shape index (κ2) is 5.83. The number of para-hydroxylation sites is 1. The molecule has 0 bridgehead atoms. The van der Waals surface area contributed by atoms with Crippen molar-refractivity contribution in [1.82, 2.24) is 4.90 Å². The number of hydrogen-bond donors (Lipinski definition) is 0. The van der Waals surface area contributed by atoms with E-state index >= 15 is 0 Å². The first-order chi connectivity index (χ1) is 11.6. The van der Waals surface area contributed by atoms with Gasteiger partial charge in [0.05, 0.1) is 0 Å². The van der Waals surface area contributed by atoms with Gasteiger partial charge in [0, 0.05) is 23.8 Å². The smallest absolute Gasteiger partial charge is 0.258 e. The maximum absolute atomic E-state index is 13.1. The number of benzene rings is 2. The van der Waals surface area contributed by atoms with Gasteiger partial charge in [0.25, 0.3) is 5.91 Å². The lowest BCUT2D eigenvalue weighted by Gasteiger charge is -2.37. The van der Waals surface area contributed by atoms with Crippen LogP contribution >= 0.6 is 0 Å². The highest BCUT2D eigenvalue weighted by Crippen LogP contribution is 2.38. The van der Waals surface area contributed by atoms with Gasteiger partial charge in [-0.1, -0.05) is 18.2 Å². The molecule has 2 aliphatic heterocycles. The van der Waals surface area contributed by atoms with Gasteiger partial charge >= 0.3 is 0 Å². The summed E-state index contributed by atoms with van der Waals surface area (Å²) in [5, 5.41) is 0. The summed E-state index contributed by atoms with van der Waals surface area (Å²) in [7, 11) is 4.16. The molecule has 5 nitrogen and oxygen atoms in total. The first-order valence-corrected chi connectivity index (χ1v) is 8.12. The third kappa shape index (κ3) is 2.41. The van der Waals surface area contributed by atoms with Crippen LogP contribution < -0.4 is 14.4 Å². The minimum Gasteiger partial charge on any atom is -0.454 e. The number of amides is 1. The van der Waals surface area contributed by atoms with Crippen LogP contribution in [0, 0.1) is 0 Å². The third-order valence-corrected chi connectivity index (χ3v) is 4.70. The summed E-state index contributed by atoms with van der Waals surface area (Å²) in [5.41, 5.74) is 2.81. The predicted octanol–water partition coefficient (Wildman–Crippen LogP) is 3.07. The summed E-state index contributed by atoms with van der Waals surface area (Å²) in [5.74, 6) is 1.33. The second-order valence-corrected chi connectivity index (χ2v) is 6.35. The topological polar surface area (TPSA) is 42.0 Å². The van der Waals surface area contributed by atoms with E-state index in [9.17, 15) is 4.79 Å². The van der Waals surface area contributed by atoms with Crippen molar-refractivity contribution in [3.8, 4) is 11.5 Å². The van der Waals surface area contributed by atoms with Gasteiger partial charge in [-0.2, -0.15) is 0 Å². The summed E-state index contributed by atoms with van der Waals surface area (Å²) in [6.45, 7) is 0.914. The zero-order valence-electron chi connectivity index (χ0n) is 13.9. The summed E-state index contributed by atoms with van der Waals surface area (Å²) in [6, 6.07) is 13.9. The van der Waals surface area contributed by atoms with Crippen LogP contribution in [0.2, 0.25) is 0 Å². The molecular weight excluding hydrogens is 304 g/mol. The highest BCUT2D eigenvalue weighted by Gasteiger charge is 2.30. The number of ether oxygens (including phenoxy) is 2. The molecule has 2 heterocycles. The Balaban J connectivity index is 1.69. The number of hydrogen-bond acceptors (Lipinski definition) is 4. The van der Waals surface area contributed by atoms with Crippen molar-refractivity contribution < 1.29 is 14.3 Å². The van der Waals surface area contributed by atoms with Gasteiger partial charge in [-0.05, 0) is 50.3 Å². The minimum atomic E-state index is -0.00189. The van der Waals surface area contributed by atoms with Crippen LogP contribution in [-0.2, 0) is 0 Å². The SMILES string of the molecule is CN(C)C1CCN(C(=O)c2ccc3c(c2)OCO3)c2ccccc21. The molecule has 0 aromatic heterocycles. The van der Waals surface area contributed by atoms with E-state index in [4.69, 9.17) is 9.47 Å². The quantitative estimate of drug-likeness (QED) is 0.851. The van der Waals surface area contributed by atoms with E-state index in [2.05, 4.69) is 25.1 Å². The molecule has 1 unspecified atom stereocenters. The third-order valence-electron chi connectivity index (χ3n) is 4.70. The van der Waals surface area contributed by atoms with E-state index in [1.165, 1.54) is 5.56 Å². The maximum Gasteiger partial charge on any atom is 0.258 e. The van der Waals surface area contributed by atoms with Crippen LogP contribution in [0.1, 0.15) is 28.4 Å². The normalized spacial score (nSPS) is 18.6. The lowest BCUT2D eigenvalue weighted by Crippen LogP contribution is -2.39. The number of anilines is 1. The fourth-order valence-corrected chi connectivity index (χ4v) is 3.48. The Morgan fingerprint density at radius 3 is 2.75 bits per heavy atom. The van der Waals surface area contributed by atoms with Crippen molar-refractivity contribution in [3.05, 3.63) is 53.6 Å². The van der Waals surface area contributed by atoms with E-state index < -0.39 is 0 Å². The highest BCUT2D eigenvalue weighted by molar-refractivity contribution is 6.07. The van der Waals surface area contributed by atoms with Crippen molar-refractivity contribution in [2.24, 2.45) is 0 Å². The van der Waals surface area contributed by atoms with E-state index in [-0.39, 0.29) is 12.7 Å². The lowest BCUT2D eigenvalue weighted by molar-refractivity contribution is 0.0980. The Morgan fingerprint density at radius 1 is 1.12 bits per heavy atom. The monoisotopic (exact) mass is 324 g/mol. The van der Waals surface area contributed by atoms with Crippen molar-refractivity contribution in [2.45, 2.75) is 12.5 Å². The van der Waals surface area contributed by atoms with Gasteiger partial charge in [-0.3, -0.25) is 4.79 Å². The molecule has 1 atom stereocenters. The van der Waals surface area contributed by atoms with Crippen molar-refractivity contribution in [1.29, 1.82) is 0 Å². The number of carbonyl (C=O) groups is 1. The van der Waals surface area contributed by atoms with Gasteiger partial charge in [-0.15, -0.1) is 0 Å². The molecule has 5 heteroatoms. The molecule has 124 valence electrons. The zero-order chi connectivity index (χ0) is 16.7. The Kier molecular flexibility index (Phi) is 3.65. The summed E-state index contributed by atoms with van der Waals surface area (Å²) >= 11 is 0. The van der Waals surface area contributed by atoms with Crippen LogP contribution in [0.15, 0.2) is 42.5 Å². The van der Waals surface area contributed by atoms with Gasteiger partial charge in [0.1, 0.15) is 0 Å². The molecular formula is C19H20N2O3. The first-order valence-electron chi connectivity index (χ1n) is 8.12. The van der Waals surface area contributed by atoms with E-state index in [0.29, 0.717) is 29.6 Å². The highest BCUT2D eigenvalue weighted by atomic mass is 16.7. The number of fused-ring (bicyclic) bond motifs is 2. The molecule has 2 aromatic rings. The molecule has 0 saturated carbocycles. The standard InChI is InChI=1S/C19H20N2O3/c1-20(2)15-9-10-21(16-6-4-3-5-14(15)16)19(22)13-7-8-17-18(11-13)24-12-23-17/h3-8,11,15H,9-10,12H2,1-2H3. The van der Waals surface area contributed by atoms with Gasteiger partial charge in [0.2, 0.25) is 6.79 Å². The Morgan fingerprint density at radius 2 is 1.92 bits per heavy atom. The molecule has 0 spiro atoms. The average Bonchev–Trinajstić information content (AvgIpc) is 3.07. The molecule has 0 fully saturated rings. The second-order valence-electron chi connectivity index (χ2n) is 6.35. The van der Waals surface area contributed by atoms with Gasteiger partial charge in [0.15, 0.2) is 11.5 Å². The molecule has 24 heavy (non-hydrogen) atoms. The fraction of sp³-hybridized carbons (Fsp3) is 0.316. The molecule has 0 saturated heterocycles. The van der Waals surface area contributed by atoms with Crippen LogP contribution in [0.5, 0.6) is 11.5 Å². The lowest BCUT2D eigenvalue weighted by atomic mass is 9.95. The molecule has 4 rings (SSSR count). The number of nitrogens with zero attached hydrogens (tertiary/aromatic N) is 2. The predicted molar refractivity (Wildman–Crippen MR) is 91.7 cm³/mol. The van der Waals surface area contributed by atoms with Gasteiger partial charge in [-0.25, -0.2) is 0 Å². The average molecular weight is 324 g/mol. The van der Waals surface area contributed by atoms with Crippen LogP contribution in [0.3, 0.4) is 0 Å². The fourth-order valence-electron chi connectivity index (χ4n) is 3.48. The molecule has 0 N–H and O–H groups in total. The van der Waals surface area contributed by atoms with Crippen molar-refractivity contribution in [2.75, 3.05) is 32.3 Å². The van der Waals surface area contributed by atoms with Crippen molar-refractivity contribution in [3.63, 3.8) is 0 Å². The molecule has 2 aromatic carbocycles. The van der Waals surface area contributed by atoms with Crippen LogP contribution in [0.25, 0.3) is 0 Å². The Bertz CT molecular complexity index is 788. The van der Waals surface area contributed by atoms with E-state index in [0.717, 1.165) is 12.1 Å². The summed E-state index contributed by atoms with van der Waals surface area (Å²) < 4.78 is 10.7. The Hall–Kier alpha value is -2.53. The molecule has 1 amide bonds. The van der Waals surface area contributed by atoms with Gasteiger partial charge < -0.3 is 19.3 Å². The number of carbonyl (C=O) groups excluding carboxylic acids is 1. The Labute approximate surface area is 141 Å². The summed E-state index contributed by atoms with van der Waals surface area (Å²) in [4.78, 5) is 17.1. The zero-order valence-corrected chi connectivity index (χ0v) is 13.9.